The average molecular weight is 996 g/mol. The first-order valence-corrected chi connectivity index (χ1v) is 20.9. The van der Waals surface area contributed by atoms with E-state index in [1.54, 1.807) is 64.1 Å². The van der Waals surface area contributed by atoms with Crippen molar-refractivity contribution in [1.29, 1.82) is 0 Å². The molecule has 8 aromatic rings. The van der Waals surface area contributed by atoms with Gasteiger partial charge in [0.2, 0.25) is 0 Å². The van der Waals surface area contributed by atoms with Crippen LogP contribution in [-0.4, -0.2) is 15.1 Å². The van der Waals surface area contributed by atoms with Crippen LogP contribution in [0.25, 0.3) is 67.2 Å². The smallest absolute Gasteiger partial charge is 0.128 e. The van der Waals surface area contributed by atoms with Gasteiger partial charge in [-0.3, -0.25) is 9.97 Å². The molecule has 0 aliphatic carbocycles. The van der Waals surface area contributed by atoms with Crippen LogP contribution in [-0.2, 0) is 27.4 Å². The molecule has 4 heteroatoms. The van der Waals surface area contributed by atoms with Crippen LogP contribution in [0.5, 0.6) is 5.75 Å². The van der Waals surface area contributed by atoms with Crippen molar-refractivity contribution in [3.63, 3.8) is 0 Å². The molecule has 3 nitrogen and oxygen atoms in total. The number of aryl methyl sites for hydroxylation is 2. The van der Waals surface area contributed by atoms with Gasteiger partial charge in [-0.2, -0.15) is 0 Å². The van der Waals surface area contributed by atoms with E-state index < -0.39 is 24.1 Å². The molecule has 8 rings (SSSR count). The van der Waals surface area contributed by atoms with Crippen molar-refractivity contribution >= 4 is 0 Å². The van der Waals surface area contributed by atoms with Gasteiger partial charge in [0.25, 0.3) is 0 Å². The van der Waals surface area contributed by atoms with E-state index in [1.807, 2.05) is 86.8 Å². The number of pyridine rings is 2. The second-order valence-corrected chi connectivity index (χ2v) is 16.6. The van der Waals surface area contributed by atoms with Gasteiger partial charge in [-0.1, -0.05) is 168 Å². The Hall–Kier alpha value is -5.89. The summed E-state index contributed by atoms with van der Waals surface area (Å²) in [6.45, 7) is 15.0. The van der Waals surface area contributed by atoms with Gasteiger partial charge in [0.15, 0.2) is 0 Å². The van der Waals surface area contributed by atoms with Crippen LogP contribution in [0, 0.1) is 19.9 Å². The predicted molar refractivity (Wildman–Crippen MR) is 256 cm³/mol. The molecule has 0 spiro atoms. The van der Waals surface area contributed by atoms with E-state index in [1.165, 1.54) is 22.3 Å². The van der Waals surface area contributed by atoms with E-state index in [9.17, 15) is 6.48 Å². The zero-order valence-corrected chi connectivity index (χ0v) is 38.9. The molecular formula is C58H55N2OPt-. The minimum Gasteiger partial charge on any atom is -0.507 e. The molecule has 0 aliphatic heterocycles. The van der Waals surface area contributed by atoms with Gasteiger partial charge in [0.1, 0.15) is 5.75 Å². The van der Waals surface area contributed by atoms with Crippen LogP contribution in [0.4, 0.5) is 0 Å². The van der Waals surface area contributed by atoms with E-state index in [-0.39, 0.29) is 26.8 Å². The van der Waals surface area contributed by atoms with Crippen LogP contribution in [0.2, 0.25) is 0 Å². The molecule has 0 saturated heterocycles. The molecule has 0 unspecified atom stereocenters. The van der Waals surface area contributed by atoms with Gasteiger partial charge >= 0.3 is 0 Å². The normalized spacial score (nSPS) is 13.3. The SMILES string of the molecule is [2H]C(C)(C)c1cc(-c2cc(-c3cc(C)c(-c4ccccc4)c(C)c3)ccn2)[c-]c(-c2cc(-c3ccc(C([2H])([2H])c4ccccc4)cc3)cc(-c3cc(C([2H])(C)C)cc(C([2H])(C)C)c3O)n2)c1.[Pt]. The Morgan fingerprint density at radius 2 is 1.10 bits per heavy atom. The van der Waals surface area contributed by atoms with E-state index in [4.69, 9.17) is 15.5 Å². The van der Waals surface area contributed by atoms with Crippen molar-refractivity contribution in [3.8, 4) is 72.9 Å². The number of hydrogen-bond donors (Lipinski definition) is 1. The number of rotatable bonds is 11. The number of hydrogen-bond acceptors (Lipinski definition) is 3. The first-order valence-electron chi connectivity index (χ1n) is 23.4. The van der Waals surface area contributed by atoms with Crippen LogP contribution in [0.1, 0.15) is 105 Å². The third-order valence-corrected chi connectivity index (χ3v) is 11.3. The summed E-state index contributed by atoms with van der Waals surface area (Å²) < 4.78 is 45.2. The largest absolute Gasteiger partial charge is 0.507 e. The molecule has 0 bridgehead atoms. The Kier molecular flexibility index (Phi) is 11.6. The molecule has 0 amide bonds. The Labute approximate surface area is 390 Å². The van der Waals surface area contributed by atoms with Gasteiger partial charge in [-0.25, -0.2) is 0 Å². The maximum absolute atomic E-state index is 12.0. The van der Waals surface area contributed by atoms with Crippen molar-refractivity contribution in [1.82, 2.24) is 9.97 Å². The zero-order valence-electron chi connectivity index (χ0n) is 41.6. The van der Waals surface area contributed by atoms with Gasteiger partial charge in [0, 0.05) is 51.1 Å². The summed E-state index contributed by atoms with van der Waals surface area (Å²) in [5.74, 6) is -3.32. The van der Waals surface area contributed by atoms with Gasteiger partial charge in [-0.05, 0) is 123 Å². The van der Waals surface area contributed by atoms with Gasteiger partial charge in [-0.15, -0.1) is 23.8 Å². The third-order valence-electron chi connectivity index (χ3n) is 11.3. The van der Waals surface area contributed by atoms with Crippen molar-refractivity contribution in [2.75, 3.05) is 0 Å². The molecule has 6 aromatic carbocycles. The summed E-state index contributed by atoms with van der Waals surface area (Å²) >= 11 is 0. The number of aromatic nitrogens is 2. The quantitative estimate of drug-likeness (QED) is 0.131. The van der Waals surface area contributed by atoms with Crippen LogP contribution in [0.15, 0.2) is 152 Å². The molecule has 0 saturated carbocycles. The summed E-state index contributed by atoms with van der Waals surface area (Å²) in [7, 11) is 0. The maximum Gasteiger partial charge on any atom is 0.128 e. The molecule has 0 radical (unpaired) electrons. The predicted octanol–water partition coefficient (Wildman–Crippen LogP) is 15.6. The summed E-state index contributed by atoms with van der Waals surface area (Å²) in [4.78, 5) is 10.1. The van der Waals surface area contributed by atoms with E-state index in [2.05, 4.69) is 62.4 Å². The maximum atomic E-state index is 12.0. The molecular weight excluding hydrogens is 936 g/mol. The van der Waals surface area contributed by atoms with Crippen molar-refractivity contribution in [3.05, 3.63) is 197 Å². The topological polar surface area (TPSA) is 46.0 Å². The van der Waals surface area contributed by atoms with E-state index in [0.29, 0.717) is 56.0 Å². The Morgan fingerprint density at radius 3 is 1.73 bits per heavy atom. The van der Waals surface area contributed by atoms with Gasteiger partial charge < -0.3 is 5.11 Å². The molecule has 0 fully saturated rings. The van der Waals surface area contributed by atoms with Crippen molar-refractivity contribution < 1.29 is 33.0 Å². The first kappa shape index (κ1) is 37.8. The van der Waals surface area contributed by atoms with Crippen LogP contribution >= 0.6 is 0 Å². The molecule has 62 heavy (non-hydrogen) atoms. The van der Waals surface area contributed by atoms with Crippen molar-refractivity contribution in [2.45, 2.75) is 79.4 Å². The Balaban J connectivity index is 0.00000666. The minimum atomic E-state index is -1.73. The fraction of sp³-hybridized carbons (Fsp3) is 0.207. The zero-order chi connectivity index (χ0) is 47.3. The summed E-state index contributed by atoms with van der Waals surface area (Å²) in [5.41, 5.74) is 14.5. The molecule has 314 valence electrons. The molecule has 0 atom stereocenters. The summed E-state index contributed by atoms with van der Waals surface area (Å²) in [6, 6.07) is 50.3. The fourth-order valence-corrected chi connectivity index (χ4v) is 7.99. The third kappa shape index (κ3) is 9.60. The first-order chi connectivity index (χ1) is 31.1. The second kappa shape index (κ2) is 19.0. The summed E-state index contributed by atoms with van der Waals surface area (Å²) in [6.07, 6.45) is 0.0782. The monoisotopic (exact) mass is 995 g/mol. The van der Waals surface area contributed by atoms with Crippen LogP contribution in [0.3, 0.4) is 0 Å². The standard InChI is InChI=1S/C58H55N2O.Pt/c1-36(2)46-28-50(54-33-45(23-24-59-54)48-25-39(7)57(40(8)26-48)44-17-13-10-14-18-44)30-51(29-46)55-34-49(43-21-19-42(20-22-43)27-41-15-11-9-12-16-41)35-56(60-55)53-32-47(37(3)4)31-52(38(5)6)58(53)61;/h9-26,28-29,31-38,61H,27H2,1-8H3;/q-1;/i27D2,36D,37D,38D;. The van der Waals surface area contributed by atoms with Gasteiger partial charge in [0.05, 0.1) is 5.69 Å². The summed E-state index contributed by atoms with van der Waals surface area (Å²) in [5, 5.41) is 12.0. The number of aromatic hydroxyl groups is 1. The molecule has 2 heterocycles. The molecule has 2 aromatic heterocycles. The number of phenolic OH excluding ortho intramolecular Hbond substituents is 1. The number of phenols is 1. The van der Waals surface area contributed by atoms with E-state index in [0.717, 1.165) is 27.8 Å². The second-order valence-electron chi connectivity index (χ2n) is 16.6. The van der Waals surface area contributed by atoms with Crippen LogP contribution < -0.4 is 0 Å². The minimum absolute atomic E-state index is 0. The fourth-order valence-electron chi connectivity index (χ4n) is 7.99. The molecule has 0 aliphatic rings. The number of nitrogens with zero attached hydrogens (tertiary/aromatic N) is 2. The van der Waals surface area contributed by atoms with E-state index >= 15 is 0 Å². The Bertz CT molecular complexity index is 3060. The average Bonchev–Trinajstić information content (AvgIpc) is 3.28. The number of benzene rings is 6. The molecule has 1 N–H and O–H groups in total. The Morgan fingerprint density at radius 1 is 0.548 bits per heavy atom. The van der Waals surface area contributed by atoms with Crippen molar-refractivity contribution in [2.24, 2.45) is 0 Å².